The van der Waals surface area contributed by atoms with Crippen LogP contribution in [0.5, 0.6) is 0 Å². The van der Waals surface area contributed by atoms with Gasteiger partial charge in [-0.2, -0.15) is 0 Å². The van der Waals surface area contributed by atoms with E-state index in [1.54, 1.807) is 11.8 Å². The molecule has 2 aliphatic heterocycles. The summed E-state index contributed by atoms with van der Waals surface area (Å²) in [7, 11) is 0. The van der Waals surface area contributed by atoms with Gasteiger partial charge in [-0.1, -0.05) is 60.7 Å². The lowest BCUT2D eigenvalue weighted by atomic mass is 10.0. The van der Waals surface area contributed by atoms with Gasteiger partial charge in [-0.25, -0.2) is 4.79 Å². The van der Waals surface area contributed by atoms with Gasteiger partial charge in [0.2, 0.25) is 5.91 Å². The third-order valence-electron chi connectivity index (χ3n) is 5.09. The highest BCUT2D eigenvalue weighted by Gasteiger charge is 2.53. The molecule has 30 heavy (non-hydrogen) atoms. The smallest absolute Gasteiger partial charge is 0.355 e. The molecule has 2 heterocycles. The number of hydrogen-bond acceptors (Lipinski definition) is 5. The number of β-lactam (4-membered cyclic amide) rings is 1. The number of hydrogen-bond donors (Lipinski definition) is 1. The highest BCUT2D eigenvalue weighted by atomic mass is 32.2. The van der Waals surface area contributed by atoms with Crippen molar-refractivity contribution in [1.82, 2.24) is 10.2 Å². The predicted molar refractivity (Wildman–Crippen MR) is 114 cm³/mol. The van der Waals surface area contributed by atoms with E-state index in [4.69, 9.17) is 4.74 Å². The maximum Gasteiger partial charge on any atom is 0.355 e. The summed E-state index contributed by atoms with van der Waals surface area (Å²) in [5, 5.41) is 2.53. The molecular formula is C23H22N2O4S. The summed E-state index contributed by atoms with van der Waals surface area (Å²) in [5.74, 6) is -0.391. The average Bonchev–Trinajstić information content (AvgIpc) is 2.77. The lowest BCUT2D eigenvalue weighted by Crippen LogP contribution is -2.70. The normalized spacial score (nSPS) is 20.3. The van der Waals surface area contributed by atoms with Crippen LogP contribution in [-0.2, 0) is 32.1 Å². The van der Waals surface area contributed by atoms with Crippen LogP contribution in [0.25, 0.3) is 0 Å². The Morgan fingerprint density at radius 2 is 1.70 bits per heavy atom. The molecule has 0 spiro atoms. The Morgan fingerprint density at radius 3 is 2.37 bits per heavy atom. The summed E-state index contributed by atoms with van der Waals surface area (Å²) < 4.78 is 5.45. The van der Waals surface area contributed by atoms with E-state index in [1.807, 2.05) is 67.6 Å². The summed E-state index contributed by atoms with van der Waals surface area (Å²) in [4.78, 5) is 39.3. The van der Waals surface area contributed by atoms with Crippen LogP contribution >= 0.6 is 11.8 Å². The van der Waals surface area contributed by atoms with Crippen LogP contribution in [0.2, 0.25) is 0 Å². The molecule has 2 aromatic rings. The minimum Gasteiger partial charge on any atom is -0.456 e. The van der Waals surface area contributed by atoms with E-state index in [2.05, 4.69) is 5.32 Å². The van der Waals surface area contributed by atoms with E-state index in [9.17, 15) is 14.4 Å². The molecule has 1 saturated heterocycles. The molecule has 2 atom stereocenters. The summed E-state index contributed by atoms with van der Waals surface area (Å²) in [6.45, 7) is 1.98. The van der Waals surface area contributed by atoms with E-state index >= 15 is 0 Å². The van der Waals surface area contributed by atoms with Gasteiger partial charge < -0.3 is 10.1 Å². The Kier molecular flexibility index (Phi) is 5.90. The van der Waals surface area contributed by atoms with Crippen LogP contribution in [-0.4, -0.2) is 39.9 Å². The standard InChI is InChI=1S/C23H22N2O4S/c1-15-14-30-22-19(24-18(26)12-16-8-4-2-5-9-16)21(27)25(22)20(15)23(28)29-13-17-10-6-3-7-11-17/h2-11,19,22H,12-14H2,1H3,(H,24,26)/t19-,22-/m1/s1. The minimum atomic E-state index is -0.628. The number of fused-ring (bicyclic) bond motifs is 1. The topological polar surface area (TPSA) is 75.7 Å². The second-order valence-corrected chi connectivity index (χ2v) is 8.41. The second kappa shape index (κ2) is 8.75. The summed E-state index contributed by atoms with van der Waals surface area (Å²) in [6, 6.07) is 18.2. The van der Waals surface area contributed by atoms with E-state index < -0.39 is 12.0 Å². The monoisotopic (exact) mass is 422 g/mol. The third kappa shape index (κ3) is 4.11. The molecule has 0 unspecified atom stereocenters. The Balaban J connectivity index is 1.39. The molecule has 0 saturated carbocycles. The fourth-order valence-corrected chi connectivity index (χ4v) is 4.85. The molecule has 1 N–H and O–H groups in total. The fraction of sp³-hybridized carbons (Fsp3) is 0.261. The van der Waals surface area contributed by atoms with Crippen LogP contribution in [0.1, 0.15) is 18.1 Å². The first-order chi connectivity index (χ1) is 14.5. The Labute approximate surface area is 179 Å². The number of benzene rings is 2. The van der Waals surface area contributed by atoms with Crippen molar-refractivity contribution in [2.24, 2.45) is 0 Å². The highest BCUT2D eigenvalue weighted by Crippen LogP contribution is 2.40. The van der Waals surface area contributed by atoms with Gasteiger partial charge in [0, 0.05) is 5.75 Å². The van der Waals surface area contributed by atoms with Gasteiger partial charge in [-0.05, 0) is 23.6 Å². The number of amides is 2. The van der Waals surface area contributed by atoms with Crippen LogP contribution < -0.4 is 5.32 Å². The van der Waals surface area contributed by atoms with Crippen LogP contribution in [0.15, 0.2) is 71.9 Å². The molecule has 0 aliphatic carbocycles. The zero-order chi connectivity index (χ0) is 21.1. The summed E-state index contributed by atoms with van der Waals surface area (Å²) >= 11 is 1.54. The molecule has 4 rings (SSSR count). The van der Waals surface area contributed by atoms with Gasteiger partial charge in [0.25, 0.3) is 5.91 Å². The molecule has 0 bridgehead atoms. The number of carbonyl (C=O) groups excluding carboxylic acids is 3. The van der Waals surface area contributed by atoms with Gasteiger partial charge in [0.15, 0.2) is 0 Å². The zero-order valence-electron chi connectivity index (χ0n) is 16.5. The SMILES string of the molecule is CC1=C(C(=O)OCc2ccccc2)N2C(=O)[C@@H](NC(=O)Cc3ccccc3)[C@H]2SC1. The first kappa shape index (κ1) is 20.2. The molecule has 7 heteroatoms. The fourth-order valence-electron chi connectivity index (χ4n) is 3.56. The molecule has 6 nitrogen and oxygen atoms in total. The van der Waals surface area contributed by atoms with Crippen molar-refractivity contribution in [1.29, 1.82) is 0 Å². The Hall–Kier alpha value is -3.06. The van der Waals surface area contributed by atoms with E-state index in [-0.39, 0.29) is 30.2 Å². The van der Waals surface area contributed by atoms with Gasteiger partial charge >= 0.3 is 5.97 Å². The van der Waals surface area contributed by atoms with Crippen LogP contribution in [0, 0.1) is 0 Å². The number of carbonyl (C=O) groups is 3. The van der Waals surface area contributed by atoms with Crippen LogP contribution in [0.3, 0.4) is 0 Å². The molecule has 1 fully saturated rings. The minimum absolute atomic E-state index is 0.146. The number of rotatable bonds is 6. The van der Waals surface area contributed by atoms with Crippen molar-refractivity contribution in [3.8, 4) is 0 Å². The number of thioether (sulfide) groups is 1. The zero-order valence-corrected chi connectivity index (χ0v) is 17.4. The molecule has 0 aromatic heterocycles. The number of nitrogens with one attached hydrogen (secondary N) is 1. The van der Waals surface area contributed by atoms with Crippen molar-refractivity contribution in [2.45, 2.75) is 31.4 Å². The van der Waals surface area contributed by atoms with Crippen molar-refractivity contribution in [2.75, 3.05) is 5.75 Å². The van der Waals surface area contributed by atoms with Gasteiger partial charge in [-0.15, -0.1) is 11.8 Å². The maximum absolute atomic E-state index is 12.8. The molecule has 154 valence electrons. The largest absolute Gasteiger partial charge is 0.456 e. The lowest BCUT2D eigenvalue weighted by Gasteiger charge is -2.49. The van der Waals surface area contributed by atoms with Crippen molar-refractivity contribution in [3.05, 3.63) is 83.1 Å². The molecule has 2 amide bonds. The molecular weight excluding hydrogens is 400 g/mol. The Morgan fingerprint density at radius 1 is 1.07 bits per heavy atom. The van der Waals surface area contributed by atoms with Crippen molar-refractivity contribution in [3.63, 3.8) is 0 Å². The number of ether oxygens (including phenoxy) is 1. The highest BCUT2D eigenvalue weighted by molar-refractivity contribution is 8.00. The van der Waals surface area contributed by atoms with E-state index in [0.717, 1.165) is 16.7 Å². The van der Waals surface area contributed by atoms with Crippen LogP contribution in [0.4, 0.5) is 0 Å². The summed E-state index contributed by atoms with van der Waals surface area (Å²) in [5.41, 5.74) is 2.87. The van der Waals surface area contributed by atoms with Crippen molar-refractivity contribution >= 4 is 29.5 Å². The predicted octanol–water partition coefficient (Wildman–Crippen LogP) is 2.65. The molecule has 2 aliphatic rings. The third-order valence-corrected chi connectivity index (χ3v) is 6.51. The lowest BCUT2D eigenvalue weighted by molar-refractivity contribution is -0.153. The first-order valence-corrected chi connectivity index (χ1v) is 10.8. The second-order valence-electron chi connectivity index (χ2n) is 7.31. The first-order valence-electron chi connectivity index (χ1n) is 9.73. The molecule has 2 aromatic carbocycles. The number of esters is 1. The van der Waals surface area contributed by atoms with Gasteiger partial charge in [-0.3, -0.25) is 14.5 Å². The average molecular weight is 423 g/mol. The maximum atomic E-state index is 12.8. The van der Waals surface area contributed by atoms with Gasteiger partial charge in [0.05, 0.1) is 6.42 Å². The quantitative estimate of drug-likeness (QED) is 0.572. The summed E-state index contributed by atoms with van der Waals surface area (Å²) in [6.07, 6.45) is 0.211. The molecule has 0 radical (unpaired) electrons. The van der Waals surface area contributed by atoms with Crippen molar-refractivity contribution < 1.29 is 19.1 Å². The van der Waals surface area contributed by atoms with E-state index in [1.165, 1.54) is 4.90 Å². The van der Waals surface area contributed by atoms with E-state index in [0.29, 0.717) is 11.4 Å². The van der Waals surface area contributed by atoms with Gasteiger partial charge in [0.1, 0.15) is 23.7 Å². The number of nitrogens with zero attached hydrogens (tertiary/aromatic N) is 1. The Bertz CT molecular complexity index is 991.